The average Bonchev–Trinajstić information content (AvgIpc) is 2.25. The normalized spacial score (nSPS) is 12.3. The Labute approximate surface area is 90.3 Å². The molecule has 2 nitrogen and oxygen atoms in total. The van der Waals surface area contributed by atoms with Crippen molar-refractivity contribution in [2.24, 2.45) is 5.73 Å². The van der Waals surface area contributed by atoms with Crippen molar-refractivity contribution in [1.82, 2.24) is 0 Å². The molecule has 1 aromatic rings. The minimum absolute atomic E-state index is 0.646. The van der Waals surface area contributed by atoms with Gasteiger partial charge < -0.3 is 5.73 Å². The van der Waals surface area contributed by atoms with Crippen LogP contribution in [0.2, 0.25) is 0 Å². The van der Waals surface area contributed by atoms with Crippen LogP contribution in [0.3, 0.4) is 0 Å². The van der Waals surface area contributed by atoms with Gasteiger partial charge in [-0.25, -0.2) is 0 Å². The van der Waals surface area contributed by atoms with E-state index in [1.165, 1.54) is 11.8 Å². The lowest BCUT2D eigenvalue weighted by Gasteiger charge is -2.03. The third-order valence-electron chi connectivity index (χ3n) is 2.08. The molecule has 0 heterocycles. The molecule has 0 radical (unpaired) electrons. The number of rotatable bonds is 2. The van der Waals surface area contributed by atoms with Crippen LogP contribution >= 0.6 is 0 Å². The van der Waals surface area contributed by atoms with E-state index in [-0.39, 0.29) is 0 Å². The number of hydrogen-bond donors (Lipinski definition) is 1. The van der Waals surface area contributed by atoms with Crippen molar-refractivity contribution in [3.8, 4) is 6.07 Å². The molecule has 0 saturated heterocycles. The van der Waals surface area contributed by atoms with E-state index in [9.17, 15) is 0 Å². The molecular formula is C13H14N2. The lowest BCUT2D eigenvalue weighted by atomic mass is 10.0. The molecular weight excluding hydrogens is 184 g/mol. The van der Waals surface area contributed by atoms with Gasteiger partial charge >= 0.3 is 0 Å². The number of nitrogens with zero attached hydrogens (tertiary/aromatic N) is 1. The second kappa shape index (κ2) is 5.02. The van der Waals surface area contributed by atoms with Gasteiger partial charge in [0.25, 0.3) is 0 Å². The quantitative estimate of drug-likeness (QED) is 0.586. The monoisotopic (exact) mass is 198 g/mol. The van der Waals surface area contributed by atoms with E-state index in [4.69, 9.17) is 11.0 Å². The van der Waals surface area contributed by atoms with E-state index in [0.29, 0.717) is 5.57 Å². The van der Waals surface area contributed by atoms with Gasteiger partial charge in [-0.1, -0.05) is 29.8 Å². The molecule has 0 amide bonds. The minimum atomic E-state index is 0.646. The molecule has 0 aliphatic carbocycles. The Bertz CT molecular complexity index is 448. The summed E-state index contributed by atoms with van der Waals surface area (Å²) in [4.78, 5) is 0. The van der Waals surface area contributed by atoms with Crippen LogP contribution in [0.25, 0.3) is 5.57 Å². The predicted octanol–water partition coefficient (Wildman–Crippen LogP) is 2.76. The molecule has 0 atom stereocenters. The maximum absolute atomic E-state index is 8.69. The minimum Gasteiger partial charge on any atom is -0.404 e. The Morgan fingerprint density at radius 2 is 2.20 bits per heavy atom. The van der Waals surface area contributed by atoms with E-state index in [0.717, 1.165) is 11.1 Å². The molecule has 0 saturated carbocycles. The maximum Gasteiger partial charge on any atom is 0.0944 e. The van der Waals surface area contributed by atoms with Gasteiger partial charge in [0.15, 0.2) is 0 Å². The van der Waals surface area contributed by atoms with Gasteiger partial charge in [-0.15, -0.1) is 0 Å². The van der Waals surface area contributed by atoms with E-state index < -0.39 is 0 Å². The fourth-order valence-electron chi connectivity index (χ4n) is 1.32. The second-order valence-corrected chi connectivity index (χ2v) is 3.43. The SMILES string of the molecule is C/C(C#N)=C\C(=C/N)c1cccc(C)c1. The van der Waals surface area contributed by atoms with Crippen molar-refractivity contribution in [1.29, 1.82) is 5.26 Å². The third-order valence-corrected chi connectivity index (χ3v) is 2.08. The second-order valence-electron chi connectivity index (χ2n) is 3.43. The Morgan fingerprint density at radius 1 is 1.47 bits per heavy atom. The first-order valence-corrected chi connectivity index (χ1v) is 4.74. The first-order chi connectivity index (χ1) is 7.17. The molecule has 0 aliphatic rings. The fraction of sp³-hybridized carbons (Fsp3) is 0.154. The summed E-state index contributed by atoms with van der Waals surface area (Å²) in [5, 5.41) is 8.69. The largest absolute Gasteiger partial charge is 0.404 e. The molecule has 0 unspecified atom stereocenters. The molecule has 0 aromatic heterocycles. The van der Waals surface area contributed by atoms with Crippen LogP contribution in [0, 0.1) is 18.3 Å². The standard InChI is InChI=1S/C13H14N2/c1-10-4-3-5-12(6-10)13(9-15)7-11(2)8-14/h3-7,9H,15H2,1-2H3/b11-7+,13-9+. The summed E-state index contributed by atoms with van der Waals surface area (Å²) in [5.74, 6) is 0. The molecule has 0 bridgehead atoms. The van der Waals surface area contributed by atoms with Crippen LogP contribution in [-0.2, 0) is 0 Å². The maximum atomic E-state index is 8.69. The summed E-state index contributed by atoms with van der Waals surface area (Å²) in [6.45, 7) is 3.79. The molecule has 2 heteroatoms. The van der Waals surface area contributed by atoms with E-state index >= 15 is 0 Å². The zero-order chi connectivity index (χ0) is 11.3. The number of nitriles is 1. The summed E-state index contributed by atoms with van der Waals surface area (Å²) in [5.41, 5.74) is 9.27. The van der Waals surface area contributed by atoms with Gasteiger partial charge in [-0.2, -0.15) is 5.26 Å². The molecule has 0 aliphatic heterocycles. The highest BCUT2D eigenvalue weighted by Gasteiger charge is 1.98. The Balaban J connectivity index is 3.11. The Kier molecular flexibility index (Phi) is 3.70. The van der Waals surface area contributed by atoms with Gasteiger partial charge in [0.05, 0.1) is 6.07 Å². The molecule has 0 spiro atoms. The van der Waals surface area contributed by atoms with Crippen LogP contribution in [0.15, 0.2) is 42.1 Å². The van der Waals surface area contributed by atoms with Gasteiger partial charge in [0, 0.05) is 11.8 Å². The highest BCUT2D eigenvalue weighted by molar-refractivity contribution is 5.75. The van der Waals surface area contributed by atoms with Gasteiger partial charge in [0.1, 0.15) is 0 Å². The molecule has 1 rings (SSSR count). The van der Waals surface area contributed by atoms with Crippen molar-refractivity contribution in [3.63, 3.8) is 0 Å². The summed E-state index contributed by atoms with van der Waals surface area (Å²) in [6, 6.07) is 10.1. The van der Waals surface area contributed by atoms with Crippen LogP contribution in [0.1, 0.15) is 18.1 Å². The highest BCUT2D eigenvalue weighted by atomic mass is 14.5. The Morgan fingerprint density at radius 3 is 2.73 bits per heavy atom. The van der Waals surface area contributed by atoms with Crippen LogP contribution < -0.4 is 5.73 Å². The number of benzene rings is 1. The number of aryl methyl sites for hydroxylation is 1. The molecule has 76 valence electrons. The van der Waals surface area contributed by atoms with Crippen LogP contribution in [-0.4, -0.2) is 0 Å². The lowest BCUT2D eigenvalue weighted by Crippen LogP contribution is -1.88. The first kappa shape index (κ1) is 11.1. The fourth-order valence-corrected chi connectivity index (χ4v) is 1.32. The van der Waals surface area contributed by atoms with E-state index in [1.807, 2.05) is 31.2 Å². The first-order valence-electron chi connectivity index (χ1n) is 4.74. The third kappa shape index (κ3) is 2.99. The summed E-state index contributed by atoms with van der Waals surface area (Å²) < 4.78 is 0. The smallest absolute Gasteiger partial charge is 0.0944 e. The van der Waals surface area contributed by atoms with Gasteiger partial charge in [-0.3, -0.25) is 0 Å². The molecule has 2 N–H and O–H groups in total. The lowest BCUT2D eigenvalue weighted by molar-refractivity contribution is 1.42. The van der Waals surface area contributed by atoms with Gasteiger partial charge in [0.2, 0.25) is 0 Å². The van der Waals surface area contributed by atoms with Crippen molar-refractivity contribution in [2.75, 3.05) is 0 Å². The van der Waals surface area contributed by atoms with E-state index in [2.05, 4.69) is 6.07 Å². The zero-order valence-corrected chi connectivity index (χ0v) is 8.99. The summed E-state index contributed by atoms with van der Waals surface area (Å²) >= 11 is 0. The zero-order valence-electron chi connectivity index (χ0n) is 8.99. The summed E-state index contributed by atoms with van der Waals surface area (Å²) in [6.07, 6.45) is 3.31. The summed E-state index contributed by atoms with van der Waals surface area (Å²) in [7, 11) is 0. The van der Waals surface area contributed by atoms with Crippen molar-refractivity contribution in [3.05, 3.63) is 53.2 Å². The number of allylic oxidation sites excluding steroid dienone is 3. The molecule has 0 fully saturated rings. The van der Waals surface area contributed by atoms with E-state index in [1.54, 1.807) is 13.0 Å². The van der Waals surface area contributed by atoms with Crippen molar-refractivity contribution < 1.29 is 0 Å². The number of nitrogens with two attached hydrogens (primary N) is 1. The Hall–Kier alpha value is -2.01. The van der Waals surface area contributed by atoms with Crippen LogP contribution in [0.5, 0.6) is 0 Å². The van der Waals surface area contributed by atoms with Crippen molar-refractivity contribution >= 4 is 5.57 Å². The predicted molar refractivity (Wildman–Crippen MR) is 62.7 cm³/mol. The number of hydrogen-bond acceptors (Lipinski definition) is 2. The molecule has 1 aromatic carbocycles. The average molecular weight is 198 g/mol. The topological polar surface area (TPSA) is 49.8 Å². The van der Waals surface area contributed by atoms with Crippen molar-refractivity contribution in [2.45, 2.75) is 13.8 Å². The highest BCUT2D eigenvalue weighted by Crippen LogP contribution is 2.17. The molecule has 15 heavy (non-hydrogen) atoms. The van der Waals surface area contributed by atoms with Crippen LogP contribution in [0.4, 0.5) is 0 Å². The van der Waals surface area contributed by atoms with Gasteiger partial charge in [-0.05, 0) is 31.1 Å².